The van der Waals surface area contributed by atoms with Crippen LogP contribution >= 0.6 is 0 Å². The van der Waals surface area contributed by atoms with Gasteiger partial charge in [0.1, 0.15) is 0 Å². The van der Waals surface area contributed by atoms with Crippen LogP contribution in [0.2, 0.25) is 0 Å². The number of ether oxygens (including phenoxy) is 10. The zero-order valence-electron chi connectivity index (χ0n) is 46.4. The highest BCUT2D eigenvalue weighted by atomic mass is 16.6. The summed E-state index contributed by atoms with van der Waals surface area (Å²) in [6.07, 6.45) is 17.7. The van der Waals surface area contributed by atoms with Crippen molar-refractivity contribution in [1.29, 1.82) is 0 Å². The highest BCUT2D eigenvalue weighted by molar-refractivity contribution is 5.89. The van der Waals surface area contributed by atoms with E-state index in [0.717, 1.165) is 51.4 Å². The Labute approximate surface area is 438 Å². The zero-order valence-corrected chi connectivity index (χ0v) is 46.4. The maximum Gasteiger partial charge on any atom is 0.333 e. The smallest absolute Gasteiger partial charge is 0.333 e. The second-order valence-corrected chi connectivity index (χ2v) is 16.8. The van der Waals surface area contributed by atoms with Crippen molar-refractivity contribution in [2.75, 3.05) is 71.1 Å². The summed E-state index contributed by atoms with van der Waals surface area (Å²) >= 11 is 0. The number of allylic oxidation sites excluding steroid dienone is 2. The minimum atomic E-state index is -0.298. The molecule has 74 heavy (non-hydrogen) atoms. The first-order valence-electron chi connectivity index (χ1n) is 25.3. The summed E-state index contributed by atoms with van der Waals surface area (Å²) < 4.78 is 46.3. The fourth-order valence-electron chi connectivity index (χ4n) is 8.37. The van der Waals surface area contributed by atoms with E-state index in [9.17, 15) is 47.9 Å². The molecule has 0 amide bonds. The third-order valence-corrected chi connectivity index (χ3v) is 12.8. The van der Waals surface area contributed by atoms with E-state index in [1.165, 1.54) is 71.1 Å². The number of methoxy groups -OCH3 is 10. The number of carbonyl (C=O) groups is 10. The monoisotopic (exact) mass is 1050 g/mol. The van der Waals surface area contributed by atoms with Crippen LogP contribution in [0.3, 0.4) is 0 Å². The van der Waals surface area contributed by atoms with Gasteiger partial charge in [-0.1, -0.05) is 52.0 Å². The summed E-state index contributed by atoms with van der Waals surface area (Å²) in [6.45, 7) is 8.00. The molecule has 0 aromatic carbocycles. The van der Waals surface area contributed by atoms with Crippen molar-refractivity contribution in [3.63, 3.8) is 0 Å². The van der Waals surface area contributed by atoms with Gasteiger partial charge >= 0.3 is 59.7 Å². The van der Waals surface area contributed by atoms with E-state index in [1.54, 1.807) is 24.3 Å². The standard InChI is InChI=1S/2C10H16O4.3C10H14O4.2C2H6/c5*1-13-9(11)7-3-5-8(6-4-7)10(12)14-2;2*1-2/h2*7-8H,3-6H2,1-2H3;2*3,8H,4-6H2,1-2H3;3,5,7-8H,4,6H2,1-2H3;2*1-2H3. The van der Waals surface area contributed by atoms with E-state index in [4.69, 9.17) is 0 Å². The molecular formula is C54H86O20. The third kappa shape index (κ3) is 25.7. The first-order chi connectivity index (χ1) is 35.4. The van der Waals surface area contributed by atoms with Crippen molar-refractivity contribution in [3.8, 4) is 0 Å². The summed E-state index contributed by atoms with van der Waals surface area (Å²) in [7, 11) is 13.8. The predicted molar refractivity (Wildman–Crippen MR) is 270 cm³/mol. The second kappa shape index (κ2) is 41.3. The Balaban J connectivity index is 0. The fraction of sp³-hybridized carbons (Fsp3) is 0.704. The molecule has 2 saturated carbocycles. The van der Waals surface area contributed by atoms with Gasteiger partial charge in [0.2, 0.25) is 0 Å². The molecule has 0 aliphatic heterocycles. The molecule has 0 saturated heterocycles. The molecule has 5 aliphatic carbocycles. The quantitative estimate of drug-likeness (QED) is 0.117. The normalized spacial score (nSPS) is 23.1. The number of esters is 10. The number of rotatable bonds is 10. The van der Waals surface area contributed by atoms with E-state index in [1.807, 2.05) is 27.7 Å². The number of hydrogen-bond donors (Lipinski definition) is 0. The second-order valence-electron chi connectivity index (χ2n) is 16.8. The Morgan fingerprint density at radius 2 is 0.514 bits per heavy atom. The molecule has 0 aromatic rings. The van der Waals surface area contributed by atoms with Crippen molar-refractivity contribution >= 4 is 59.7 Å². The highest BCUT2D eigenvalue weighted by Gasteiger charge is 2.33. The lowest BCUT2D eigenvalue weighted by Gasteiger charge is -2.24. The third-order valence-electron chi connectivity index (χ3n) is 12.8. The molecular weight excluding hydrogens is 969 g/mol. The van der Waals surface area contributed by atoms with Gasteiger partial charge in [-0.15, -0.1) is 0 Å². The molecule has 4 atom stereocenters. The fourth-order valence-corrected chi connectivity index (χ4v) is 8.37. The lowest BCUT2D eigenvalue weighted by molar-refractivity contribution is -0.151. The molecule has 0 radical (unpaired) electrons. The first kappa shape index (κ1) is 70.0. The lowest BCUT2D eigenvalue weighted by Crippen LogP contribution is -2.27. The molecule has 0 bridgehead atoms. The van der Waals surface area contributed by atoms with Crippen LogP contribution in [0.25, 0.3) is 0 Å². The summed E-state index contributed by atoms with van der Waals surface area (Å²) in [5.74, 6) is -2.86. The van der Waals surface area contributed by atoms with Crippen molar-refractivity contribution < 1.29 is 95.3 Å². The number of hydrogen-bond acceptors (Lipinski definition) is 20. The van der Waals surface area contributed by atoms with Crippen molar-refractivity contribution in [2.24, 2.45) is 47.3 Å². The van der Waals surface area contributed by atoms with Crippen LogP contribution < -0.4 is 0 Å². The van der Waals surface area contributed by atoms with E-state index in [-0.39, 0.29) is 107 Å². The predicted octanol–water partition coefficient (Wildman–Crippen LogP) is 7.36. The maximum atomic E-state index is 11.2. The van der Waals surface area contributed by atoms with Crippen molar-refractivity contribution in [3.05, 3.63) is 35.5 Å². The molecule has 5 rings (SSSR count). The van der Waals surface area contributed by atoms with E-state index in [0.29, 0.717) is 62.5 Å². The van der Waals surface area contributed by atoms with Crippen LogP contribution in [-0.2, 0) is 95.3 Å². The average molecular weight is 1060 g/mol. The molecule has 20 nitrogen and oxygen atoms in total. The molecule has 20 heteroatoms. The van der Waals surface area contributed by atoms with Gasteiger partial charge in [0.15, 0.2) is 0 Å². The summed E-state index contributed by atoms with van der Waals surface area (Å²) in [6, 6.07) is 0. The van der Waals surface area contributed by atoms with Crippen molar-refractivity contribution in [2.45, 2.75) is 130 Å². The van der Waals surface area contributed by atoms with Gasteiger partial charge in [-0.3, -0.25) is 38.4 Å². The molecule has 0 N–H and O–H groups in total. The maximum absolute atomic E-state index is 11.2. The SMILES string of the molecule is CC.CC.COC(=O)C1=CCC(C(=O)OC)CC1.COC(=O)C1=CCC(C(=O)OC)CC1.COC(=O)C1C=CC(C(=O)OC)CC1.COC(=O)C1CCC(C(=O)OC)CC1.COC(=O)C1CCC(C(=O)OC)CC1. The van der Waals surface area contributed by atoms with E-state index in [2.05, 4.69) is 47.4 Å². The van der Waals surface area contributed by atoms with Crippen LogP contribution in [0.5, 0.6) is 0 Å². The van der Waals surface area contributed by atoms with Gasteiger partial charge < -0.3 is 47.4 Å². The molecule has 2 fully saturated rings. The van der Waals surface area contributed by atoms with E-state index < -0.39 is 0 Å². The Hall–Kier alpha value is -6.08. The molecule has 5 aliphatic rings. The number of carbonyl (C=O) groups excluding carboxylic acids is 10. The highest BCUT2D eigenvalue weighted by Crippen LogP contribution is 2.32. The topological polar surface area (TPSA) is 263 Å². The van der Waals surface area contributed by atoms with Crippen LogP contribution in [-0.4, -0.2) is 131 Å². The minimum Gasteiger partial charge on any atom is -0.469 e. The molecule has 4 unspecified atom stereocenters. The van der Waals surface area contributed by atoms with Crippen LogP contribution in [0.1, 0.15) is 130 Å². The van der Waals surface area contributed by atoms with Crippen LogP contribution in [0.15, 0.2) is 35.5 Å². The van der Waals surface area contributed by atoms with Gasteiger partial charge in [0, 0.05) is 11.1 Å². The van der Waals surface area contributed by atoms with Gasteiger partial charge in [-0.2, -0.15) is 0 Å². The molecule has 0 spiro atoms. The van der Waals surface area contributed by atoms with E-state index >= 15 is 0 Å². The summed E-state index contributed by atoms with van der Waals surface area (Å²) in [5, 5.41) is 0. The largest absolute Gasteiger partial charge is 0.469 e. The Morgan fingerprint density at radius 1 is 0.297 bits per heavy atom. The van der Waals surface area contributed by atoms with Crippen LogP contribution in [0.4, 0.5) is 0 Å². The van der Waals surface area contributed by atoms with Gasteiger partial charge in [-0.25, -0.2) is 9.59 Å². The Bertz CT molecular complexity index is 1660. The first-order valence-corrected chi connectivity index (χ1v) is 25.3. The van der Waals surface area contributed by atoms with Crippen molar-refractivity contribution in [1.82, 2.24) is 0 Å². The Morgan fingerprint density at radius 3 is 0.676 bits per heavy atom. The summed E-state index contributed by atoms with van der Waals surface area (Å²) in [5.41, 5.74) is 1.32. The molecule has 0 aromatic heterocycles. The van der Waals surface area contributed by atoms with Crippen LogP contribution in [0, 0.1) is 47.3 Å². The van der Waals surface area contributed by atoms with Gasteiger partial charge in [-0.05, 0) is 103 Å². The average Bonchev–Trinajstić information content (AvgIpc) is 3.48. The van der Waals surface area contributed by atoms with Gasteiger partial charge in [0.05, 0.1) is 118 Å². The summed E-state index contributed by atoms with van der Waals surface area (Å²) in [4.78, 5) is 111. The minimum absolute atomic E-state index is 0.0269. The molecule has 422 valence electrons. The van der Waals surface area contributed by atoms with Gasteiger partial charge in [0.25, 0.3) is 0 Å². The molecule has 0 heterocycles. The lowest BCUT2D eigenvalue weighted by atomic mass is 9.82. The zero-order chi connectivity index (χ0) is 56.8. The Kier molecular flexibility index (Phi) is 39.1.